The van der Waals surface area contributed by atoms with Crippen molar-refractivity contribution >= 4 is 131 Å². The van der Waals surface area contributed by atoms with Crippen LogP contribution < -0.4 is 31.1 Å². The van der Waals surface area contributed by atoms with E-state index in [9.17, 15) is 51.9 Å². The summed E-state index contributed by atoms with van der Waals surface area (Å²) in [5, 5.41) is 13.0. The third-order valence-electron chi connectivity index (χ3n) is 11.9. The monoisotopic (exact) mass is 1060 g/mol. The van der Waals surface area contributed by atoms with Crippen LogP contribution in [-0.4, -0.2) is 108 Å². The Morgan fingerprint density at radius 3 is 1.03 bits per heavy atom. The summed E-state index contributed by atoms with van der Waals surface area (Å²) < 4.78 is 140. The van der Waals surface area contributed by atoms with E-state index in [2.05, 4.69) is 41.2 Å². The lowest BCUT2D eigenvalue weighted by atomic mass is 10.1. The standard InChI is InChI=1S/C44H40N12O12S4/c57-69(58,59)35-15-7-11-29-31(35)21-25(23-37(29)71(63,64)65)45-39-49-41(53-43(51-39)55-17-1-2-18-55)47-33-13-5-10-28-27(33)9-6-14-34(28)48-42-50-40(52-44(54-42)56-19-3-4-20-56)46-26-22-32-30(38(24-26)72(66,67)68)12-8-16-36(32)70(60,61)62/h5-16,21-24H,1-4,17-20H2,(H,57,58,59)(H,60,61,62)(H,63,64,65)(H,66,67,68)(H2,45,47,49,51,53)(H2,46,48,50,52,54). The first kappa shape index (κ1) is 48.2. The zero-order valence-electron chi connectivity index (χ0n) is 37.2. The molecule has 0 spiro atoms. The molecule has 0 atom stereocenters. The molecule has 2 aromatic heterocycles. The number of benzene rings is 6. The molecule has 28 heteroatoms. The molecule has 2 fully saturated rings. The van der Waals surface area contributed by atoms with Crippen LogP contribution in [0.3, 0.4) is 0 Å². The van der Waals surface area contributed by atoms with Gasteiger partial charge in [0.25, 0.3) is 40.5 Å². The quantitative estimate of drug-likeness (QED) is 0.0526. The van der Waals surface area contributed by atoms with Crippen molar-refractivity contribution in [3.63, 3.8) is 0 Å². The molecule has 0 aliphatic carbocycles. The molecule has 72 heavy (non-hydrogen) atoms. The van der Waals surface area contributed by atoms with Crippen LogP contribution in [0.1, 0.15) is 25.7 Å². The van der Waals surface area contributed by atoms with Gasteiger partial charge in [0.05, 0.1) is 0 Å². The molecule has 8 aromatic rings. The Hall–Kier alpha value is -7.44. The first-order chi connectivity index (χ1) is 34.2. The Kier molecular flexibility index (Phi) is 12.3. The summed E-state index contributed by atoms with van der Waals surface area (Å²) in [4.78, 5) is 29.2. The van der Waals surface area contributed by atoms with E-state index in [1.807, 2.05) is 21.9 Å². The lowest BCUT2D eigenvalue weighted by Gasteiger charge is -2.19. The van der Waals surface area contributed by atoms with Gasteiger partial charge in [-0.15, -0.1) is 0 Å². The summed E-state index contributed by atoms with van der Waals surface area (Å²) in [7, 11) is -19.5. The van der Waals surface area contributed by atoms with Gasteiger partial charge in [-0.1, -0.05) is 48.5 Å². The summed E-state index contributed by atoms with van der Waals surface area (Å²) >= 11 is 0. The van der Waals surface area contributed by atoms with E-state index in [1.165, 1.54) is 36.4 Å². The van der Waals surface area contributed by atoms with Gasteiger partial charge in [-0.05, 0) is 74.2 Å². The normalized spacial score (nSPS) is 14.6. The highest BCUT2D eigenvalue weighted by molar-refractivity contribution is 7.87. The lowest BCUT2D eigenvalue weighted by molar-refractivity contribution is 0.481. The number of fused-ring (bicyclic) bond motifs is 3. The van der Waals surface area contributed by atoms with Gasteiger partial charge in [-0.2, -0.15) is 63.6 Å². The average molecular weight is 1060 g/mol. The molecule has 0 bridgehead atoms. The number of anilines is 10. The van der Waals surface area contributed by atoms with Gasteiger partial charge in [0.15, 0.2) is 0 Å². The number of rotatable bonds is 14. The summed E-state index contributed by atoms with van der Waals surface area (Å²) in [6, 6.07) is 22.8. The molecule has 6 aromatic carbocycles. The van der Waals surface area contributed by atoms with E-state index < -0.39 is 60.1 Å². The van der Waals surface area contributed by atoms with E-state index in [-0.39, 0.29) is 68.6 Å². The number of nitrogens with one attached hydrogen (secondary N) is 4. The third-order valence-corrected chi connectivity index (χ3v) is 15.5. The zero-order valence-corrected chi connectivity index (χ0v) is 40.4. The summed E-state index contributed by atoms with van der Waals surface area (Å²) in [6.07, 6.45) is 3.47. The molecule has 2 aliphatic heterocycles. The minimum atomic E-state index is -4.92. The predicted molar refractivity (Wildman–Crippen MR) is 267 cm³/mol. The molecule has 0 saturated carbocycles. The Bertz CT molecular complexity index is 3730. The topological polar surface area (TPSA) is 349 Å². The molecule has 372 valence electrons. The molecule has 4 heterocycles. The van der Waals surface area contributed by atoms with E-state index >= 15 is 0 Å². The molecular weight excluding hydrogens is 1020 g/mol. The van der Waals surface area contributed by atoms with Crippen LogP contribution in [0.5, 0.6) is 0 Å². The van der Waals surface area contributed by atoms with Gasteiger partial charge >= 0.3 is 0 Å². The molecule has 0 radical (unpaired) electrons. The molecule has 2 aliphatic rings. The van der Waals surface area contributed by atoms with Gasteiger partial charge in [0.1, 0.15) is 19.6 Å². The second-order valence-electron chi connectivity index (χ2n) is 16.7. The first-order valence-corrected chi connectivity index (χ1v) is 27.6. The highest BCUT2D eigenvalue weighted by Crippen LogP contribution is 2.37. The van der Waals surface area contributed by atoms with Crippen molar-refractivity contribution in [2.45, 2.75) is 45.3 Å². The molecule has 2 saturated heterocycles. The van der Waals surface area contributed by atoms with Crippen LogP contribution in [0, 0.1) is 0 Å². The molecular formula is C44H40N12O12S4. The molecule has 24 nitrogen and oxygen atoms in total. The lowest BCUT2D eigenvalue weighted by Crippen LogP contribution is -2.22. The molecule has 8 N–H and O–H groups in total. The maximum atomic E-state index is 12.6. The zero-order chi connectivity index (χ0) is 50.7. The smallest absolute Gasteiger partial charge is 0.295 e. The Morgan fingerprint density at radius 2 is 0.681 bits per heavy atom. The van der Waals surface area contributed by atoms with Crippen molar-refractivity contribution in [3.05, 3.63) is 97.1 Å². The first-order valence-electron chi connectivity index (χ1n) is 21.8. The molecule has 10 rings (SSSR count). The number of nitrogens with zero attached hydrogens (tertiary/aromatic N) is 8. The number of hydrogen-bond donors (Lipinski definition) is 8. The van der Waals surface area contributed by atoms with Crippen LogP contribution in [0.2, 0.25) is 0 Å². The minimum Gasteiger partial charge on any atom is -0.341 e. The summed E-state index contributed by atoms with van der Waals surface area (Å²) in [6.45, 7) is 2.51. The second-order valence-corrected chi connectivity index (χ2v) is 22.3. The van der Waals surface area contributed by atoms with Gasteiger partial charge in [-0.25, -0.2) is 0 Å². The number of aromatic nitrogens is 6. The second kappa shape index (κ2) is 18.3. The van der Waals surface area contributed by atoms with Crippen LogP contribution in [0.25, 0.3) is 32.3 Å². The maximum absolute atomic E-state index is 12.6. The third kappa shape index (κ3) is 9.92. The Morgan fingerprint density at radius 1 is 0.361 bits per heavy atom. The van der Waals surface area contributed by atoms with Crippen molar-refractivity contribution in [1.82, 2.24) is 29.9 Å². The van der Waals surface area contributed by atoms with Gasteiger partial charge in [-0.3, -0.25) is 18.2 Å². The average Bonchev–Trinajstić information content (AvgIpc) is 4.07. The fourth-order valence-electron chi connectivity index (χ4n) is 8.77. The van der Waals surface area contributed by atoms with Crippen molar-refractivity contribution in [3.8, 4) is 0 Å². The van der Waals surface area contributed by atoms with Gasteiger partial charge < -0.3 is 31.1 Å². The predicted octanol–water partition coefficient (Wildman–Crippen LogP) is 6.68. The van der Waals surface area contributed by atoms with Crippen LogP contribution in [0.15, 0.2) is 117 Å². The van der Waals surface area contributed by atoms with E-state index in [0.717, 1.165) is 49.9 Å². The van der Waals surface area contributed by atoms with Gasteiger partial charge in [0.2, 0.25) is 35.7 Å². The fourth-order valence-corrected chi connectivity index (χ4v) is 11.6. The Labute approximate surface area is 410 Å². The van der Waals surface area contributed by atoms with Crippen molar-refractivity contribution in [2.24, 2.45) is 0 Å². The van der Waals surface area contributed by atoms with Crippen molar-refractivity contribution in [2.75, 3.05) is 57.2 Å². The largest absolute Gasteiger partial charge is 0.341 e. The Balaban J connectivity index is 1.01. The molecule has 0 unspecified atom stereocenters. The van der Waals surface area contributed by atoms with Crippen LogP contribution in [0.4, 0.5) is 58.4 Å². The molecule has 0 amide bonds. The summed E-state index contributed by atoms with van der Waals surface area (Å²) in [5.74, 6) is 0.516. The minimum absolute atomic E-state index is 0.0346. The van der Waals surface area contributed by atoms with Crippen LogP contribution >= 0.6 is 0 Å². The van der Waals surface area contributed by atoms with E-state index in [1.54, 1.807) is 24.3 Å². The maximum Gasteiger partial charge on any atom is 0.295 e. The van der Waals surface area contributed by atoms with Crippen molar-refractivity contribution < 1.29 is 51.9 Å². The van der Waals surface area contributed by atoms with Crippen molar-refractivity contribution in [1.29, 1.82) is 0 Å². The SMILES string of the molecule is O=S(=O)(O)c1cc(Nc2nc(Nc3cccc4c(Nc5nc(Nc6cc(S(=O)(=O)O)c7cccc(S(=O)(=O)O)c7c6)nc(N6CCCC6)n5)cccc34)nc(N3CCCC3)n2)cc2c(S(=O)(=O)O)cccc12. The van der Waals surface area contributed by atoms with Crippen LogP contribution in [-0.2, 0) is 40.5 Å². The highest BCUT2D eigenvalue weighted by atomic mass is 32.2. The van der Waals surface area contributed by atoms with E-state index in [4.69, 9.17) is 9.97 Å². The van der Waals surface area contributed by atoms with E-state index in [0.29, 0.717) is 48.3 Å². The van der Waals surface area contributed by atoms with Gasteiger partial charge in [0, 0.05) is 81.2 Å². The highest BCUT2D eigenvalue weighted by Gasteiger charge is 2.26. The summed E-state index contributed by atoms with van der Waals surface area (Å²) in [5.41, 5.74) is 0.993. The number of hydrogen-bond acceptors (Lipinski definition) is 20. The fraction of sp³-hybridized carbons (Fsp3) is 0.182.